The van der Waals surface area contributed by atoms with Crippen molar-refractivity contribution in [2.75, 3.05) is 5.75 Å². The number of hydrogen-bond acceptors (Lipinski definition) is 4. The molecule has 0 spiro atoms. The quantitative estimate of drug-likeness (QED) is 0.414. The average molecular weight is 284 g/mol. The van der Waals surface area contributed by atoms with E-state index >= 15 is 0 Å². The summed E-state index contributed by atoms with van der Waals surface area (Å²) in [6.45, 7) is 4.17. The molecule has 0 radical (unpaired) electrons. The third-order valence-electron chi connectivity index (χ3n) is 3.03. The Kier molecular flexibility index (Phi) is 7.63. The van der Waals surface area contributed by atoms with Crippen LogP contribution in [0, 0.1) is 0 Å². The topological polar surface area (TPSA) is 66.0 Å². The molecule has 1 rings (SSSR count). The van der Waals surface area contributed by atoms with Crippen LogP contribution in [-0.4, -0.2) is 20.8 Å². The molecule has 19 heavy (non-hydrogen) atoms. The Balaban J connectivity index is 2.47. The molecule has 1 aromatic rings. The molecule has 1 heterocycles. The van der Waals surface area contributed by atoms with Gasteiger partial charge in [0.15, 0.2) is 5.16 Å². The van der Waals surface area contributed by atoms with Gasteiger partial charge in [-0.25, -0.2) is 0 Å². The van der Waals surface area contributed by atoms with Crippen LogP contribution in [0.15, 0.2) is 9.95 Å². The number of unbranched alkanes of at least 4 members (excludes halogenated alkanes) is 5. The second-order valence-electron chi connectivity index (χ2n) is 4.62. The lowest BCUT2D eigenvalue weighted by Crippen LogP contribution is -2.15. The Labute approximate surface area is 119 Å². The lowest BCUT2D eigenvalue weighted by atomic mass is 10.1. The van der Waals surface area contributed by atoms with Crippen molar-refractivity contribution in [1.29, 1.82) is 0 Å². The Morgan fingerprint density at radius 3 is 2.47 bits per heavy atom. The van der Waals surface area contributed by atoms with Crippen molar-refractivity contribution in [2.24, 2.45) is 0 Å². The number of rotatable bonds is 9. The summed E-state index contributed by atoms with van der Waals surface area (Å²) in [4.78, 5) is 18.6. The zero-order valence-corrected chi connectivity index (χ0v) is 12.7. The molecule has 1 aromatic heterocycles. The van der Waals surface area contributed by atoms with Gasteiger partial charge < -0.3 is 10.1 Å². The molecule has 0 saturated heterocycles. The highest BCUT2D eigenvalue weighted by molar-refractivity contribution is 7.99. The van der Waals surface area contributed by atoms with Gasteiger partial charge in [0.1, 0.15) is 0 Å². The van der Waals surface area contributed by atoms with Crippen LogP contribution in [0.3, 0.4) is 0 Å². The molecule has 0 unspecified atom stereocenters. The van der Waals surface area contributed by atoms with E-state index in [2.05, 4.69) is 16.9 Å². The number of aromatic hydroxyl groups is 1. The maximum absolute atomic E-state index is 11.8. The maximum atomic E-state index is 11.8. The Morgan fingerprint density at radius 1 is 1.16 bits per heavy atom. The first-order valence-corrected chi connectivity index (χ1v) is 8.12. The molecule has 0 atom stereocenters. The minimum atomic E-state index is -0.197. The van der Waals surface area contributed by atoms with Crippen LogP contribution in [0.25, 0.3) is 0 Å². The first-order valence-electron chi connectivity index (χ1n) is 7.14. The molecular weight excluding hydrogens is 260 g/mol. The number of aromatic amines is 1. The van der Waals surface area contributed by atoms with Gasteiger partial charge in [-0.05, 0) is 18.6 Å². The van der Waals surface area contributed by atoms with Crippen molar-refractivity contribution in [3.63, 3.8) is 0 Å². The summed E-state index contributed by atoms with van der Waals surface area (Å²) in [6, 6.07) is 0. The molecule has 0 aliphatic heterocycles. The van der Waals surface area contributed by atoms with E-state index in [1.165, 1.54) is 37.4 Å². The van der Waals surface area contributed by atoms with E-state index in [9.17, 15) is 9.90 Å². The second-order valence-corrected chi connectivity index (χ2v) is 5.88. The van der Waals surface area contributed by atoms with Crippen molar-refractivity contribution in [1.82, 2.24) is 9.97 Å². The van der Waals surface area contributed by atoms with Gasteiger partial charge in [0.25, 0.3) is 5.56 Å². The summed E-state index contributed by atoms with van der Waals surface area (Å²) in [6.07, 6.45) is 7.61. The Bertz CT molecular complexity index is 432. The average Bonchev–Trinajstić information content (AvgIpc) is 2.36. The first-order chi connectivity index (χ1) is 9.19. The normalized spacial score (nSPS) is 10.8. The van der Waals surface area contributed by atoms with Crippen LogP contribution in [0.5, 0.6) is 5.88 Å². The smallest absolute Gasteiger partial charge is 0.258 e. The predicted octanol–water partition coefficient (Wildman–Crippen LogP) is 3.49. The largest absolute Gasteiger partial charge is 0.493 e. The molecule has 5 heteroatoms. The SMILES string of the molecule is CCCCCCCCc1c(O)nc(SCC)[nH]c1=O. The van der Waals surface area contributed by atoms with Crippen LogP contribution < -0.4 is 5.56 Å². The second kappa shape index (κ2) is 9.02. The van der Waals surface area contributed by atoms with Gasteiger partial charge >= 0.3 is 0 Å². The molecular formula is C14H24N2O2S. The van der Waals surface area contributed by atoms with E-state index in [-0.39, 0.29) is 11.4 Å². The molecule has 0 bridgehead atoms. The summed E-state index contributed by atoms with van der Waals surface area (Å²) in [5.41, 5.74) is 0.230. The number of nitrogens with one attached hydrogen (secondary N) is 1. The predicted molar refractivity (Wildman–Crippen MR) is 80.0 cm³/mol. The Hall–Kier alpha value is -0.970. The minimum Gasteiger partial charge on any atom is -0.493 e. The van der Waals surface area contributed by atoms with E-state index in [4.69, 9.17) is 0 Å². The summed E-state index contributed by atoms with van der Waals surface area (Å²) in [5, 5.41) is 10.3. The van der Waals surface area contributed by atoms with Crippen LogP contribution in [0.4, 0.5) is 0 Å². The highest BCUT2D eigenvalue weighted by atomic mass is 32.2. The summed E-state index contributed by atoms with van der Waals surface area (Å²) < 4.78 is 0. The van der Waals surface area contributed by atoms with E-state index in [0.717, 1.165) is 18.6 Å². The number of aromatic nitrogens is 2. The number of thioether (sulfide) groups is 1. The number of H-pyrrole nitrogens is 1. The van der Waals surface area contributed by atoms with Crippen molar-refractivity contribution in [3.05, 3.63) is 15.9 Å². The summed E-state index contributed by atoms with van der Waals surface area (Å²) in [7, 11) is 0. The highest BCUT2D eigenvalue weighted by Crippen LogP contribution is 2.18. The van der Waals surface area contributed by atoms with Crippen molar-refractivity contribution < 1.29 is 5.11 Å². The summed E-state index contributed by atoms with van der Waals surface area (Å²) >= 11 is 1.42. The van der Waals surface area contributed by atoms with Crippen LogP contribution in [0.2, 0.25) is 0 Å². The highest BCUT2D eigenvalue weighted by Gasteiger charge is 2.10. The lowest BCUT2D eigenvalue weighted by Gasteiger charge is -2.05. The van der Waals surface area contributed by atoms with Gasteiger partial charge in [-0.15, -0.1) is 0 Å². The molecule has 0 aliphatic rings. The van der Waals surface area contributed by atoms with Crippen molar-refractivity contribution >= 4 is 11.8 Å². The zero-order chi connectivity index (χ0) is 14.1. The fourth-order valence-electron chi connectivity index (χ4n) is 1.98. The van der Waals surface area contributed by atoms with E-state index in [1.807, 2.05) is 6.92 Å². The van der Waals surface area contributed by atoms with Crippen LogP contribution >= 0.6 is 11.8 Å². The molecule has 0 aliphatic carbocycles. The fraction of sp³-hybridized carbons (Fsp3) is 0.714. The molecule has 108 valence electrons. The standard InChI is InChI=1S/C14H24N2O2S/c1-3-5-6-7-8-9-10-11-12(17)15-14(19-4-2)16-13(11)18/h3-10H2,1-2H3,(H2,15,16,17,18). The van der Waals surface area contributed by atoms with Crippen LogP contribution in [-0.2, 0) is 6.42 Å². The first kappa shape index (κ1) is 16.1. The molecule has 0 fully saturated rings. The molecule has 4 nitrogen and oxygen atoms in total. The third-order valence-corrected chi connectivity index (χ3v) is 3.79. The minimum absolute atomic E-state index is 0.103. The Morgan fingerprint density at radius 2 is 1.84 bits per heavy atom. The maximum Gasteiger partial charge on any atom is 0.258 e. The molecule has 2 N–H and O–H groups in total. The van der Waals surface area contributed by atoms with Gasteiger partial charge in [0, 0.05) is 0 Å². The fourth-order valence-corrected chi connectivity index (χ4v) is 2.57. The van der Waals surface area contributed by atoms with E-state index in [0.29, 0.717) is 17.1 Å². The van der Waals surface area contributed by atoms with Gasteiger partial charge in [0.05, 0.1) is 5.56 Å². The van der Waals surface area contributed by atoms with Crippen LogP contribution in [0.1, 0.15) is 57.9 Å². The monoisotopic (exact) mass is 284 g/mol. The summed E-state index contributed by atoms with van der Waals surface area (Å²) in [5.74, 6) is 0.715. The van der Waals surface area contributed by atoms with Gasteiger partial charge in [-0.3, -0.25) is 4.79 Å². The number of hydrogen-bond donors (Lipinski definition) is 2. The third kappa shape index (κ3) is 5.68. The molecule has 0 saturated carbocycles. The van der Waals surface area contributed by atoms with Gasteiger partial charge in [-0.1, -0.05) is 57.7 Å². The molecule has 0 amide bonds. The molecule has 0 aromatic carbocycles. The number of nitrogens with zero attached hydrogens (tertiary/aromatic N) is 1. The van der Waals surface area contributed by atoms with E-state index < -0.39 is 0 Å². The lowest BCUT2D eigenvalue weighted by molar-refractivity contribution is 0.433. The van der Waals surface area contributed by atoms with Gasteiger partial charge in [0.2, 0.25) is 5.88 Å². The zero-order valence-electron chi connectivity index (χ0n) is 11.9. The van der Waals surface area contributed by atoms with Crippen molar-refractivity contribution in [3.8, 4) is 5.88 Å². The van der Waals surface area contributed by atoms with Crippen molar-refractivity contribution in [2.45, 2.75) is 63.9 Å². The van der Waals surface area contributed by atoms with Gasteiger partial charge in [-0.2, -0.15) is 4.98 Å². The van der Waals surface area contributed by atoms with E-state index in [1.54, 1.807) is 0 Å².